The van der Waals surface area contributed by atoms with Gasteiger partial charge in [0.25, 0.3) is 0 Å². The zero-order chi connectivity index (χ0) is 17.7. The topological polar surface area (TPSA) is 66.5 Å². The standard InChI is InChI=1S/C17H25FN2O3S/c1-3-13(2)19-17(21)14-8-10-20(11-9-14)24(22,23)12-15-6-4-5-7-16(15)18/h4-7,13-14H,3,8-12H2,1-2H3,(H,19,21). The molecule has 1 aliphatic rings. The Morgan fingerprint density at radius 3 is 2.54 bits per heavy atom. The normalized spacial score (nSPS) is 18.3. The lowest BCUT2D eigenvalue weighted by atomic mass is 9.97. The monoisotopic (exact) mass is 356 g/mol. The van der Waals surface area contributed by atoms with Crippen molar-refractivity contribution in [1.82, 2.24) is 9.62 Å². The number of hydrogen-bond donors (Lipinski definition) is 1. The van der Waals surface area contributed by atoms with Crippen LogP contribution in [0, 0.1) is 11.7 Å². The Kier molecular flexibility index (Phi) is 6.34. The summed E-state index contributed by atoms with van der Waals surface area (Å²) < 4.78 is 40.0. The number of carbonyl (C=O) groups excluding carboxylic acids is 1. The van der Waals surface area contributed by atoms with Crippen LogP contribution in [0.25, 0.3) is 0 Å². The third-order valence-corrected chi connectivity index (χ3v) is 6.34. The molecule has 0 aliphatic carbocycles. The number of halogens is 1. The summed E-state index contributed by atoms with van der Waals surface area (Å²) in [6.45, 7) is 4.56. The Morgan fingerprint density at radius 2 is 1.96 bits per heavy atom. The van der Waals surface area contributed by atoms with Gasteiger partial charge in [0, 0.05) is 30.6 Å². The van der Waals surface area contributed by atoms with Gasteiger partial charge in [-0.15, -0.1) is 0 Å². The Morgan fingerprint density at radius 1 is 1.33 bits per heavy atom. The summed E-state index contributed by atoms with van der Waals surface area (Å²) in [6, 6.07) is 6.03. The predicted octanol–water partition coefficient (Wildman–Crippen LogP) is 2.28. The molecular weight excluding hydrogens is 331 g/mol. The summed E-state index contributed by atoms with van der Waals surface area (Å²) in [6.07, 6.45) is 1.86. The van der Waals surface area contributed by atoms with Crippen molar-refractivity contribution in [2.45, 2.75) is 44.9 Å². The van der Waals surface area contributed by atoms with Gasteiger partial charge in [-0.1, -0.05) is 25.1 Å². The van der Waals surface area contributed by atoms with Crippen LogP contribution in [0.15, 0.2) is 24.3 Å². The number of carbonyl (C=O) groups is 1. The highest BCUT2D eigenvalue weighted by Crippen LogP contribution is 2.22. The molecule has 2 rings (SSSR count). The van der Waals surface area contributed by atoms with Crippen LogP contribution in [0.2, 0.25) is 0 Å². The second-order valence-corrected chi connectivity index (χ2v) is 8.31. The van der Waals surface area contributed by atoms with Crippen LogP contribution < -0.4 is 5.32 Å². The first-order valence-electron chi connectivity index (χ1n) is 8.35. The van der Waals surface area contributed by atoms with E-state index in [-0.39, 0.29) is 29.2 Å². The molecule has 134 valence electrons. The van der Waals surface area contributed by atoms with E-state index in [1.54, 1.807) is 6.07 Å². The van der Waals surface area contributed by atoms with Crippen LogP contribution in [0.1, 0.15) is 38.7 Å². The van der Waals surface area contributed by atoms with Gasteiger partial charge in [-0.05, 0) is 32.3 Å². The van der Waals surface area contributed by atoms with Crippen molar-refractivity contribution >= 4 is 15.9 Å². The minimum atomic E-state index is -3.57. The molecule has 0 saturated carbocycles. The smallest absolute Gasteiger partial charge is 0.223 e. The lowest BCUT2D eigenvalue weighted by Gasteiger charge is -2.31. The van der Waals surface area contributed by atoms with Crippen LogP contribution in [0.5, 0.6) is 0 Å². The minimum absolute atomic E-state index is 0.00417. The van der Waals surface area contributed by atoms with Gasteiger partial charge in [-0.25, -0.2) is 17.1 Å². The molecule has 1 amide bonds. The van der Waals surface area contributed by atoms with Crippen molar-refractivity contribution in [3.05, 3.63) is 35.6 Å². The van der Waals surface area contributed by atoms with Crippen LogP contribution >= 0.6 is 0 Å². The second-order valence-electron chi connectivity index (χ2n) is 6.34. The summed E-state index contributed by atoms with van der Waals surface area (Å²) in [7, 11) is -3.57. The Balaban J connectivity index is 1.93. The van der Waals surface area contributed by atoms with Gasteiger partial charge in [0.1, 0.15) is 5.82 Å². The van der Waals surface area contributed by atoms with E-state index < -0.39 is 15.8 Å². The molecule has 1 saturated heterocycles. The first kappa shape index (κ1) is 18.9. The Hall–Kier alpha value is -1.47. The lowest BCUT2D eigenvalue weighted by molar-refractivity contribution is -0.126. The average molecular weight is 356 g/mol. The molecule has 7 heteroatoms. The third kappa shape index (κ3) is 4.77. The van der Waals surface area contributed by atoms with E-state index in [4.69, 9.17) is 0 Å². The molecule has 1 fully saturated rings. The largest absolute Gasteiger partial charge is 0.353 e. The number of nitrogens with one attached hydrogen (secondary N) is 1. The van der Waals surface area contributed by atoms with Gasteiger partial charge >= 0.3 is 0 Å². The van der Waals surface area contributed by atoms with Crippen LogP contribution in [-0.4, -0.2) is 37.8 Å². The van der Waals surface area contributed by atoms with Crippen LogP contribution in [-0.2, 0) is 20.6 Å². The molecule has 1 heterocycles. The third-order valence-electron chi connectivity index (χ3n) is 4.51. The van der Waals surface area contributed by atoms with E-state index in [1.165, 1.54) is 22.5 Å². The molecule has 0 radical (unpaired) electrons. The lowest BCUT2D eigenvalue weighted by Crippen LogP contribution is -2.45. The summed E-state index contributed by atoms with van der Waals surface area (Å²) in [5, 5.41) is 2.94. The Labute approximate surface area is 143 Å². The van der Waals surface area contributed by atoms with Crippen LogP contribution in [0.3, 0.4) is 0 Å². The molecule has 0 bridgehead atoms. The van der Waals surface area contributed by atoms with E-state index in [0.717, 1.165) is 6.42 Å². The summed E-state index contributed by atoms with van der Waals surface area (Å²) >= 11 is 0. The highest BCUT2D eigenvalue weighted by molar-refractivity contribution is 7.88. The summed E-state index contributed by atoms with van der Waals surface area (Å²) in [4.78, 5) is 12.1. The van der Waals surface area contributed by atoms with Crippen molar-refractivity contribution in [3.8, 4) is 0 Å². The maximum Gasteiger partial charge on any atom is 0.223 e. The number of rotatable bonds is 6. The van der Waals surface area contributed by atoms with Crippen molar-refractivity contribution < 1.29 is 17.6 Å². The fraction of sp³-hybridized carbons (Fsp3) is 0.588. The van der Waals surface area contributed by atoms with Gasteiger partial charge in [-0.3, -0.25) is 4.79 Å². The first-order valence-corrected chi connectivity index (χ1v) is 9.96. The maximum atomic E-state index is 13.7. The highest BCUT2D eigenvalue weighted by atomic mass is 32.2. The number of amides is 1. The van der Waals surface area contributed by atoms with E-state index in [0.29, 0.717) is 25.9 Å². The molecular formula is C17H25FN2O3S. The van der Waals surface area contributed by atoms with Gasteiger partial charge in [-0.2, -0.15) is 0 Å². The van der Waals surface area contributed by atoms with Gasteiger partial charge in [0.05, 0.1) is 5.75 Å². The average Bonchev–Trinajstić information content (AvgIpc) is 2.56. The second kappa shape index (κ2) is 8.07. The molecule has 5 nitrogen and oxygen atoms in total. The fourth-order valence-electron chi connectivity index (χ4n) is 2.76. The molecule has 1 aliphatic heterocycles. The summed E-state index contributed by atoms with van der Waals surface area (Å²) in [5.41, 5.74) is 0.175. The zero-order valence-corrected chi connectivity index (χ0v) is 15.0. The minimum Gasteiger partial charge on any atom is -0.353 e. The SMILES string of the molecule is CCC(C)NC(=O)C1CCN(S(=O)(=O)Cc2ccccc2F)CC1. The fourth-order valence-corrected chi connectivity index (χ4v) is 4.34. The van der Waals surface area contributed by atoms with Gasteiger partial charge < -0.3 is 5.32 Å². The Bertz CT molecular complexity index is 670. The van der Waals surface area contributed by atoms with E-state index in [1.807, 2.05) is 13.8 Å². The maximum absolute atomic E-state index is 13.7. The van der Waals surface area contributed by atoms with E-state index in [9.17, 15) is 17.6 Å². The van der Waals surface area contributed by atoms with Crippen molar-refractivity contribution in [1.29, 1.82) is 0 Å². The molecule has 24 heavy (non-hydrogen) atoms. The predicted molar refractivity (Wildman–Crippen MR) is 91.2 cm³/mol. The molecule has 0 spiro atoms. The highest BCUT2D eigenvalue weighted by Gasteiger charge is 2.31. The molecule has 1 N–H and O–H groups in total. The molecule has 1 unspecified atom stereocenters. The first-order chi connectivity index (χ1) is 11.3. The van der Waals surface area contributed by atoms with Gasteiger partial charge in [0.2, 0.25) is 15.9 Å². The molecule has 0 aromatic heterocycles. The molecule has 1 aromatic carbocycles. The number of piperidine rings is 1. The van der Waals surface area contributed by atoms with E-state index >= 15 is 0 Å². The van der Waals surface area contributed by atoms with E-state index in [2.05, 4.69) is 5.32 Å². The number of benzene rings is 1. The zero-order valence-electron chi connectivity index (χ0n) is 14.2. The molecule has 1 aromatic rings. The summed E-state index contributed by atoms with van der Waals surface area (Å²) in [5.74, 6) is -1.01. The number of hydrogen-bond acceptors (Lipinski definition) is 3. The van der Waals surface area contributed by atoms with Crippen molar-refractivity contribution in [2.75, 3.05) is 13.1 Å². The number of sulfonamides is 1. The van der Waals surface area contributed by atoms with Crippen molar-refractivity contribution in [2.24, 2.45) is 5.92 Å². The number of nitrogens with zero attached hydrogens (tertiary/aromatic N) is 1. The quantitative estimate of drug-likeness (QED) is 0.850. The van der Waals surface area contributed by atoms with Crippen molar-refractivity contribution in [3.63, 3.8) is 0 Å². The van der Waals surface area contributed by atoms with Crippen LogP contribution in [0.4, 0.5) is 4.39 Å². The molecule has 1 atom stereocenters. The van der Waals surface area contributed by atoms with Gasteiger partial charge in [0.15, 0.2) is 0 Å².